The monoisotopic (exact) mass is 427 g/mol. The standard InChI is InChI=1S/C23H20F3N3O2/c24-23(25,26)18-8-2-1-6-16(18)14-17-7-5-10-19(28-17)21-15-29(12-13-31-21)22(30)20-9-3-4-11-27-20/h1-11,21H,12-15H2/t21-/m1/s1. The molecule has 1 amide bonds. The van der Waals surface area contributed by atoms with Crippen LogP contribution in [-0.2, 0) is 17.3 Å². The van der Waals surface area contributed by atoms with E-state index in [-0.39, 0.29) is 17.9 Å². The Hall–Kier alpha value is -3.26. The first-order valence-corrected chi connectivity index (χ1v) is 9.84. The number of halogens is 3. The molecule has 160 valence electrons. The number of hydrogen-bond acceptors (Lipinski definition) is 4. The number of rotatable bonds is 4. The van der Waals surface area contributed by atoms with Crippen molar-refractivity contribution in [2.24, 2.45) is 0 Å². The minimum atomic E-state index is -4.42. The van der Waals surface area contributed by atoms with Crippen molar-refractivity contribution in [3.05, 3.63) is 95.1 Å². The van der Waals surface area contributed by atoms with E-state index in [0.29, 0.717) is 36.8 Å². The molecule has 0 aliphatic carbocycles. The Bertz CT molecular complexity index is 1060. The predicted octanol–water partition coefficient (Wildman–Crippen LogP) is 4.30. The molecular formula is C23H20F3N3O2. The molecule has 8 heteroatoms. The average molecular weight is 427 g/mol. The van der Waals surface area contributed by atoms with E-state index in [4.69, 9.17) is 4.74 Å². The first-order chi connectivity index (χ1) is 14.9. The number of morpholine rings is 1. The minimum Gasteiger partial charge on any atom is -0.368 e. The number of nitrogens with zero attached hydrogens (tertiary/aromatic N) is 3. The number of aromatic nitrogens is 2. The smallest absolute Gasteiger partial charge is 0.368 e. The summed E-state index contributed by atoms with van der Waals surface area (Å²) in [6.07, 6.45) is -3.27. The molecule has 3 heterocycles. The van der Waals surface area contributed by atoms with Gasteiger partial charge in [-0.3, -0.25) is 14.8 Å². The van der Waals surface area contributed by atoms with Gasteiger partial charge in [-0.25, -0.2) is 0 Å². The second-order valence-electron chi connectivity index (χ2n) is 7.21. The van der Waals surface area contributed by atoms with Crippen LogP contribution < -0.4 is 0 Å². The van der Waals surface area contributed by atoms with Gasteiger partial charge in [0, 0.05) is 24.9 Å². The molecule has 2 aromatic heterocycles. The number of amides is 1. The number of carbonyl (C=O) groups excluding carboxylic acids is 1. The zero-order chi connectivity index (χ0) is 21.8. The van der Waals surface area contributed by atoms with Crippen LogP contribution in [0, 0.1) is 0 Å². The Morgan fingerprint density at radius 1 is 1.06 bits per heavy atom. The van der Waals surface area contributed by atoms with Crippen LogP contribution in [0.3, 0.4) is 0 Å². The molecular weight excluding hydrogens is 407 g/mol. The van der Waals surface area contributed by atoms with Crippen LogP contribution in [-0.4, -0.2) is 40.5 Å². The van der Waals surface area contributed by atoms with Crippen LogP contribution in [0.25, 0.3) is 0 Å². The Labute approximate surface area is 177 Å². The summed E-state index contributed by atoms with van der Waals surface area (Å²) in [7, 11) is 0. The molecule has 1 fully saturated rings. The van der Waals surface area contributed by atoms with Crippen molar-refractivity contribution in [2.45, 2.75) is 18.7 Å². The number of carbonyl (C=O) groups is 1. The van der Waals surface area contributed by atoms with Gasteiger partial charge in [0.1, 0.15) is 11.8 Å². The molecule has 1 saturated heterocycles. The highest BCUT2D eigenvalue weighted by Crippen LogP contribution is 2.33. The third-order valence-electron chi connectivity index (χ3n) is 5.09. The molecule has 5 nitrogen and oxygen atoms in total. The van der Waals surface area contributed by atoms with Crippen molar-refractivity contribution >= 4 is 5.91 Å². The molecule has 0 saturated carbocycles. The van der Waals surface area contributed by atoms with Crippen molar-refractivity contribution in [1.29, 1.82) is 0 Å². The predicted molar refractivity (Wildman–Crippen MR) is 107 cm³/mol. The van der Waals surface area contributed by atoms with Crippen molar-refractivity contribution < 1.29 is 22.7 Å². The summed E-state index contributed by atoms with van der Waals surface area (Å²) in [6, 6.07) is 15.8. The lowest BCUT2D eigenvalue weighted by Gasteiger charge is -2.32. The van der Waals surface area contributed by atoms with E-state index in [1.165, 1.54) is 12.1 Å². The number of ether oxygens (including phenoxy) is 1. The SMILES string of the molecule is O=C(c1ccccn1)N1CCO[C@@H](c2cccc(Cc3ccccc3C(F)(F)F)n2)C1. The van der Waals surface area contributed by atoms with Crippen LogP contribution in [0.2, 0.25) is 0 Å². The largest absolute Gasteiger partial charge is 0.416 e. The lowest BCUT2D eigenvalue weighted by Crippen LogP contribution is -2.42. The van der Waals surface area contributed by atoms with E-state index < -0.39 is 17.8 Å². The zero-order valence-corrected chi connectivity index (χ0v) is 16.5. The van der Waals surface area contributed by atoms with Crippen LogP contribution in [0.15, 0.2) is 66.9 Å². The summed E-state index contributed by atoms with van der Waals surface area (Å²) < 4.78 is 45.7. The Morgan fingerprint density at radius 3 is 2.65 bits per heavy atom. The number of pyridine rings is 2. The average Bonchev–Trinajstić information content (AvgIpc) is 2.79. The first-order valence-electron chi connectivity index (χ1n) is 9.84. The minimum absolute atomic E-state index is 0.0484. The van der Waals surface area contributed by atoms with Crippen LogP contribution >= 0.6 is 0 Å². The van der Waals surface area contributed by atoms with Crippen LogP contribution in [0.1, 0.15) is 39.1 Å². The maximum Gasteiger partial charge on any atom is 0.416 e. The fourth-order valence-corrected chi connectivity index (χ4v) is 3.59. The Kier molecular flexibility index (Phi) is 5.99. The van der Waals surface area contributed by atoms with Crippen LogP contribution in [0.5, 0.6) is 0 Å². The molecule has 0 unspecified atom stereocenters. The number of benzene rings is 1. The van der Waals surface area contributed by atoms with Crippen molar-refractivity contribution in [3.8, 4) is 0 Å². The third-order valence-corrected chi connectivity index (χ3v) is 5.09. The van der Waals surface area contributed by atoms with Gasteiger partial charge in [0.05, 0.1) is 24.4 Å². The van der Waals surface area contributed by atoms with Crippen molar-refractivity contribution in [2.75, 3.05) is 19.7 Å². The maximum atomic E-state index is 13.3. The molecule has 1 atom stereocenters. The van der Waals surface area contributed by atoms with E-state index in [0.717, 1.165) is 6.07 Å². The van der Waals surface area contributed by atoms with Crippen molar-refractivity contribution in [3.63, 3.8) is 0 Å². The summed E-state index contributed by atoms with van der Waals surface area (Å²) in [5, 5.41) is 0. The molecule has 0 N–H and O–H groups in total. The van der Waals surface area contributed by atoms with Gasteiger partial charge >= 0.3 is 6.18 Å². The molecule has 1 aliphatic rings. The second kappa shape index (κ2) is 8.85. The number of alkyl halides is 3. The highest BCUT2D eigenvalue weighted by Gasteiger charge is 2.33. The Morgan fingerprint density at radius 2 is 1.87 bits per heavy atom. The molecule has 0 spiro atoms. The topological polar surface area (TPSA) is 55.3 Å². The summed E-state index contributed by atoms with van der Waals surface area (Å²) in [5.41, 5.74) is 0.944. The lowest BCUT2D eigenvalue weighted by molar-refractivity contribution is -0.138. The van der Waals surface area contributed by atoms with Gasteiger partial charge < -0.3 is 9.64 Å². The van der Waals surface area contributed by atoms with Gasteiger partial charge in [-0.1, -0.05) is 30.3 Å². The van der Waals surface area contributed by atoms with Crippen LogP contribution in [0.4, 0.5) is 13.2 Å². The highest BCUT2D eigenvalue weighted by atomic mass is 19.4. The summed E-state index contributed by atoms with van der Waals surface area (Å²) in [5.74, 6) is -0.191. The van der Waals surface area contributed by atoms with E-state index in [9.17, 15) is 18.0 Å². The molecule has 1 aromatic carbocycles. The van der Waals surface area contributed by atoms with Gasteiger partial charge in [0.15, 0.2) is 0 Å². The maximum absolute atomic E-state index is 13.3. The van der Waals surface area contributed by atoms with Gasteiger partial charge in [-0.2, -0.15) is 13.2 Å². The molecule has 1 aliphatic heterocycles. The highest BCUT2D eigenvalue weighted by molar-refractivity contribution is 5.92. The van der Waals surface area contributed by atoms with E-state index in [2.05, 4.69) is 9.97 Å². The summed E-state index contributed by atoms with van der Waals surface area (Å²) >= 11 is 0. The van der Waals surface area contributed by atoms with Crippen molar-refractivity contribution in [1.82, 2.24) is 14.9 Å². The number of hydrogen-bond donors (Lipinski definition) is 0. The molecule has 31 heavy (non-hydrogen) atoms. The quantitative estimate of drug-likeness (QED) is 0.623. The van der Waals surface area contributed by atoms with Gasteiger partial charge in [-0.05, 0) is 35.9 Å². The summed E-state index contributed by atoms with van der Waals surface area (Å²) in [6.45, 7) is 1.07. The first kappa shape index (κ1) is 21.0. The molecule has 4 rings (SSSR count). The molecule has 0 radical (unpaired) electrons. The summed E-state index contributed by atoms with van der Waals surface area (Å²) in [4.78, 5) is 23.0. The van der Waals surface area contributed by atoms with Gasteiger partial charge in [0.25, 0.3) is 5.91 Å². The fourth-order valence-electron chi connectivity index (χ4n) is 3.59. The zero-order valence-electron chi connectivity index (χ0n) is 16.5. The van der Waals surface area contributed by atoms with Gasteiger partial charge in [0.2, 0.25) is 0 Å². The second-order valence-corrected chi connectivity index (χ2v) is 7.21. The van der Waals surface area contributed by atoms with Gasteiger partial charge in [-0.15, -0.1) is 0 Å². The van der Waals surface area contributed by atoms with E-state index in [1.54, 1.807) is 53.6 Å². The van der Waals surface area contributed by atoms with E-state index >= 15 is 0 Å². The molecule has 3 aromatic rings. The Balaban J connectivity index is 1.52. The van der Waals surface area contributed by atoms with E-state index in [1.807, 2.05) is 0 Å². The fraction of sp³-hybridized carbons (Fsp3) is 0.261. The normalized spacial score (nSPS) is 16.9. The lowest BCUT2D eigenvalue weighted by atomic mass is 10.0. The third kappa shape index (κ3) is 4.91. The molecule has 0 bridgehead atoms.